The van der Waals surface area contributed by atoms with Gasteiger partial charge in [-0.25, -0.2) is 4.68 Å². The summed E-state index contributed by atoms with van der Waals surface area (Å²) in [6.45, 7) is 6.87. The van der Waals surface area contributed by atoms with Crippen LogP contribution in [0.3, 0.4) is 0 Å². The molecule has 136 valence electrons. The van der Waals surface area contributed by atoms with Crippen LogP contribution in [0.25, 0.3) is 5.69 Å². The molecule has 0 spiro atoms. The number of hydrogen-bond acceptors (Lipinski definition) is 3. The summed E-state index contributed by atoms with van der Waals surface area (Å²) in [5.41, 5.74) is 1.13. The third kappa shape index (κ3) is 4.47. The number of nitrogens with one attached hydrogen (secondary N) is 1. The van der Waals surface area contributed by atoms with Crippen molar-refractivity contribution in [1.29, 1.82) is 0 Å². The second kappa shape index (κ2) is 9.36. The van der Waals surface area contributed by atoms with Crippen LogP contribution in [0.1, 0.15) is 31.1 Å². The van der Waals surface area contributed by atoms with Crippen LogP contribution in [-0.2, 0) is 4.79 Å². The van der Waals surface area contributed by atoms with Gasteiger partial charge in [0.1, 0.15) is 11.4 Å². The predicted octanol–water partition coefficient (Wildman–Crippen LogP) is 3.43. The Labute approximate surface area is 153 Å². The number of amides is 2. The van der Waals surface area contributed by atoms with E-state index in [-0.39, 0.29) is 11.8 Å². The van der Waals surface area contributed by atoms with Crippen molar-refractivity contribution in [3.63, 3.8) is 0 Å². The van der Waals surface area contributed by atoms with Crippen molar-refractivity contribution in [3.8, 4) is 5.69 Å². The van der Waals surface area contributed by atoms with Crippen LogP contribution in [0, 0.1) is 0 Å². The van der Waals surface area contributed by atoms with Crippen molar-refractivity contribution in [1.82, 2.24) is 14.7 Å². The van der Waals surface area contributed by atoms with Gasteiger partial charge >= 0.3 is 0 Å². The van der Waals surface area contributed by atoms with Crippen LogP contribution in [-0.4, -0.2) is 39.6 Å². The molecule has 6 heteroatoms. The van der Waals surface area contributed by atoms with Crippen LogP contribution >= 0.6 is 0 Å². The quantitative estimate of drug-likeness (QED) is 0.613. The molecular formula is C20H24N4O2. The van der Waals surface area contributed by atoms with Gasteiger partial charge in [0.15, 0.2) is 0 Å². The van der Waals surface area contributed by atoms with Gasteiger partial charge in [-0.05, 0) is 32.9 Å². The van der Waals surface area contributed by atoms with Gasteiger partial charge in [-0.3, -0.25) is 9.59 Å². The Morgan fingerprint density at radius 2 is 1.85 bits per heavy atom. The largest absolute Gasteiger partial charge is 0.339 e. The van der Waals surface area contributed by atoms with Gasteiger partial charge in [0, 0.05) is 19.2 Å². The summed E-state index contributed by atoms with van der Waals surface area (Å²) in [6.07, 6.45) is 8.14. The fourth-order valence-corrected chi connectivity index (χ4v) is 2.48. The first-order valence-corrected chi connectivity index (χ1v) is 8.65. The van der Waals surface area contributed by atoms with Crippen LogP contribution in [0.15, 0.2) is 60.8 Å². The molecule has 0 aliphatic rings. The zero-order chi connectivity index (χ0) is 18.9. The zero-order valence-corrected chi connectivity index (χ0v) is 15.3. The van der Waals surface area contributed by atoms with Gasteiger partial charge in [0.05, 0.1) is 11.9 Å². The van der Waals surface area contributed by atoms with Crippen LogP contribution in [0.2, 0.25) is 0 Å². The molecule has 0 fully saturated rings. The first kappa shape index (κ1) is 19.2. The minimum absolute atomic E-state index is 0.162. The molecule has 0 saturated carbocycles. The first-order chi connectivity index (χ1) is 12.6. The van der Waals surface area contributed by atoms with E-state index in [1.54, 1.807) is 21.7 Å². The molecule has 1 aromatic heterocycles. The zero-order valence-electron chi connectivity index (χ0n) is 15.3. The number of carbonyl (C=O) groups excluding carboxylic acids is 2. The lowest BCUT2D eigenvalue weighted by Crippen LogP contribution is -2.31. The normalized spacial score (nSPS) is 11.2. The molecule has 6 nitrogen and oxygen atoms in total. The average molecular weight is 352 g/mol. The maximum absolute atomic E-state index is 12.8. The van der Waals surface area contributed by atoms with E-state index < -0.39 is 0 Å². The molecule has 0 saturated heterocycles. The number of benzene rings is 1. The highest BCUT2D eigenvalue weighted by Crippen LogP contribution is 2.22. The van der Waals surface area contributed by atoms with Crippen molar-refractivity contribution in [3.05, 3.63) is 66.4 Å². The number of hydrogen-bond donors (Lipinski definition) is 1. The molecule has 1 N–H and O–H groups in total. The van der Waals surface area contributed by atoms with Gasteiger partial charge in [-0.1, -0.05) is 36.4 Å². The summed E-state index contributed by atoms with van der Waals surface area (Å²) in [4.78, 5) is 26.8. The van der Waals surface area contributed by atoms with E-state index in [1.165, 1.54) is 12.3 Å². The van der Waals surface area contributed by atoms with Crippen LogP contribution in [0.5, 0.6) is 0 Å². The molecule has 0 aliphatic carbocycles. The number of rotatable bonds is 7. The molecule has 0 aliphatic heterocycles. The molecular weight excluding hydrogens is 328 g/mol. The number of carbonyl (C=O) groups is 2. The monoisotopic (exact) mass is 352 g/mol. The highest BCUT2D eigenvalue weighted by atomic mass is 16.2. The summed E-state index contributed by atoms with van der Waals surface area (Å²) in [5.74, 6) is -0.123. The average Bonchev–Trinajstić information content (AvgIpc) is 3.07. The fourth-order valence-electron chi connectivity index (χ4n) is 2.48. The van der Waals surface area contributed by atoms with Gasteiger partial charge in [-0.15, -0.1) is 0 Å². The summed E-state index contributed by atoms with van der Waals surface area (Å²) >= 11 is 0. The molecule has 2 aromatic rings. The topological polar surface area (TPSA) is 67.2 Å². The third-order valence-corrected chi connectivity index (χ3v) is 3.84. The summed E-state index contributed by atoms with van der Waals surface area (Å²) in [6, 6.07) is 9.38. The van der Waals surface area contributed by atoms with E-state index in [0.717, 1.165) is 5.69 Å². The van der Waals surface area contributed by atoms with E-state index >= 15 is 0 Å². The van der Waals surface area contributed by atoms with Crippen molar-refractivity contribution in [2.24, 2.45) is 0 Å². The molecule has 0 unspecified atom stereocenters. The van der Waals surface area contributed by atoms with Gasteiger partial charge in [0.2, 0.25) is 5.91 Å². The van der Waals surface area contributed by atoms with E-state index in [1.807, 2.05) is 57.2 Å². The molecule has 0 bridgehead atoms. The Bertz CT molecular complexity index is 802. The van der Waals surface area contributed by atoms with E-state index in [2.05, 4.69) is 10.4 Å². The van der Waals surface area contributed by atoms with Gasteiger partial charge in [-0.2, -0.15) is 5.10 Å². The Hall–Kier alpha value is -3.15. The maximum Gasteiger partial charge on any atom is 0.259 e. The van der Waals surface area contributed by atoms with E-state index in [0.29, 0.717) is 24.5 Å². The highest BCUT2D eigenvalue weighted by molar-refractivity contribution is 6.05. The Kier molecular flexibility index (Phi) is 6.91. The van der Waals surface area contributed by atoms with Crippen molar-refractivity contribution < 1.29 is 9.59 Å². The Morgan fingerprint density at radius 3 is 2.46 bits per heavy atom. The smallest absolute Gasteiger partial charge is 0.259 e. The van der Waals surface area contributed by atoms with Gasteiger partial charge < -0.3 is 10.2 Å². The minimum Gasteiger partial charge on any atom is -0.339 e. The second-order valence-corrected chi connectivity index (χ2v) is 5.51. The van der Waals surface area contributed by atoms with Crippen molar-refractivity contribution in [2.45, 2.75) is 20.8 Å². The lowest BCUT2D eigenvalue weighted by molar-refractivity contribution is -0.111. The maximum atomic E-state index is 12.8. The van der Waals surface area contributed by atoms with E-state index in [4.69, 9.17) is 0 Å². The SMILES string of the molecule is C/C=C/C=C/C(=O)Nc1c(C(=O)N(CC)CC)cnn1-c1ccccc1. The third-order valence-electron chi connectivity index (χ3n) is 3.84. The highest BCUT2D eigenvalue weighted by Gasteiger charge is 2.22. The lowest BCUT2D eigenvalue weighted by atomic mass is 10.2. The summed E-state index contributed by atoms with van der Waals surface area (Å²) in [5, 5.41) is 7.12. The fraction of sp³-hybridized carbons (Fsp3) is 0.250. The van der Waals surface area contributed by atoms with Crippen molar-refractivity contribution >= 4 is 17.6 Å². The van der Waals surface area contributed by atoms with E-state index in [9.17, 15) is 9.59 Å². The number of para-hydroxylation sites is 1. The van der Waals surface area contributed by atoms with Crippen LogP contribution < -0.4 is 5.32 Å². The first-order valence-electron chi connectivity index (χ1n) is 8.65. The van der Waals surface area contributed by atoms with Crippen LogP contribution in [0.4, 0.5) is 5.82 Å². The van der Waals surface area contributed by atoms with Crippen molar-refractivity contribution in [2.75, 3.05) is 18.4 Å². The Balaban J connectivity index is 2.44. The predicted molar refractivity (Wildman–Crippen MR) is 103 cm³/mol. The second-order valence-electron chi connectivity index (χ2n) is 5.51. The Morgan fingerprint density at radius 1 is 1.15 bits per heavy atom. The number of allylic oxidation sites excluding steroid dienone is 3. The summed E-state index contributed by atoms with van der Waals surface area (Å²) < 4.78 is 1.57. The van der Waals surface area contributed by atoms with Gasteiger partial charge in [0.25, 0.3) is 5.91 Å². The standard InChI is InChI=1S/C20H24N4O2/c1-4-7-9-14-18(25)22-19-17(20(26)23(5-2)6-3)15-21-24(19)16-12-10-8-11-13-16/h4,7-15H,5-6H2,1-3H3,(H,22,25)/b7-4+,14-9+. The molecule has 1 heterocycles. The molecule has 1 aromatic carbocycles. The molecule has 26 heavy (non-hydrogen) atoms. The molecule has 2 rings (SSSR count). The minimum atomic E-state index is -0.325. The summed E-state index contributed by atoms with van der Waals surface area (Å²) in [7, 11) is 0. The number of nitrogens with zero attached hydrogens (tertiary/aromatic N) is 3. The molecule has 0 atom stereocenters. The molecule has 2 amide bonds. The lowest BCUT2D eigenvalue weighted by Gasteiger charge is -2.19. The number of anilines is 1. The number of aromatic nitrogens is 2. The molecule has 0 radical (unpaired) electrons.